The molecule has 3 heterocycles. The number of amides is 2. The van der Waals surface area contributed by atoms with Crippen LogP contribution >= 0.6 is 11.3 Å². The summed E-state index contributed by atoms with van der Waals surface area (Å²) < 4.78 is 16.0. The summed E-state index contributed by atoms with van der Waals surface area (Å²) in [5.74, 6) is 0.833. The molecule has 1 aliphatic heterocycles. The number of methoxy groups -OCH3 is 2. The molecule has 148 valence electrons. The molecule has 0 aliphatic carbocycles. The molecule has 2 amide bonds. The Morgan fingerprint density at radius 2 is 1.93 bits per heavy atom. The summed E-state index contributed by atoms with van der Waals surface area (Å²) in [5, 5.41) is 4.96. The summed E-state index contributed by atoms with van der Waals surface area (Å²) in [6.07, 6.45) is 1.51. The molecule has 2 aromatic heterocycles. The van der Waals surface area contributed by atoms with Gasteiger partial charge >= 0.3 is 0 Å². The second-order valence-electron chi connectivity index (χ2n) is 6.19. The third kappa shape index (κ3) is 3.50. The van der Waals surface area contributed by atoms with Gasteiger partial charge in [-0.1, -0.05) is 6.07 Å². The molecular weight excluding hydrogens is 392 g/mol. The fraction of sp³-hybridized carbons (Fsp3) is 0.143. The fourth-order valence-corrected chi connectivity index (χ4v) is 3.86. The van der Waals surface area contributed by atoms with Gasteiger partial charge in [-0.15, -0.1) is 11.3 Å². The van der Waals surface area contributed by atoms with E-state index in [1.54, 1.807) is 37.4 Å². The van der Waals surface area contributed by atoms with Gasteiger partial charge in [-0.25, -0.2) is 0 Å². The molecule has 0 fully saturated rings. The van der Waals surface area contributed by atoms with Gasteiger partial charge in [-0.3, -0.25) is 14.5 Å². The lowest BCUT2D eigenvalue weighted by Gasteiger charge is -2.15. The molecule has 7 nitrogen and oxygen atoms in total. The number of anilines is 1. The average Bonchev–Trinajstić information content (AvgIpc) is 3.48. The minimum atomic E-state index is -0.431. The average molecular weight is 410 g/mol. The highest BCUT2D eigenvalue weighted by molar-refractivity contribution is 7.11. The van der Waals surface area contributed by atoms with Crippen molar-refractivity contribution in [3.8, 4) is 11.5 Å². The van der Waals surface area contributed by atoms with E-state index in [0.29, 0.717) is 33.4 Å². The van der Waals surface area contributed by atoms with Crippen molar-refractivity contribution in [2.45, 2.75) is 6.54 Å². The van der Waals surface area contributed by atoms with Crippen molar-refractivity contribution in [2.24, 2.45) is 0 Å². The molecule has 0 bridgehead atoms. The van der Waals surface area contributed by atoms with E-state index < -0.39 is 5.91 Å². The van der Waals surface area contributed by atoms with E-state index in [0.717, 1.165) is 0 Å². The van der Waals surface area contributed by atoms with Gasteiger partial charge in [0.25, 0.3) is 11.8 Å². The topological polar surface area (TPSA) is 81.0 Å². The van der Waals surface area contributed by atoms with Crippen LogP contribution in [0.15, 0.2) is 64.2 Å². The number of nitrogens with one attached hydrogen (secondary N) is 1. The first kappa shape index (κ1) is 18.8. The van der Waals surface area contributed by atoms with Crippen LogP contribution in [0.5, 0.6) is 11.5 Å². The lowest BCUT2D eigenvalue weighted by Crippen LogP contribution is -2.31. The maximum Gasteiger partial charge on any atom is 0.278 e. The summed E-state index contributed by atoms with van der Waals surface area (Å²) in [7, 11) is 3.09. The molecule has 0 spiro atoms. The van der Waals surface area contributed by atoms with Crippen LogP contribution in [0, 0.1) is 0 Å². The van der Waals surface area contributed by atoms with Crippen LogP contribution in [-0.2, 0) is 16.1 Å². The molecular formula is C21H18N2O5S. The summed E-state index contributed by atoms with van der Waals surface area (Å²) >= 11 is 1.39. The molecule has 0 unspecified atom stereocenters. The Morgan fingerprint density at radius 3 is 2.59 bits per heavy atom. The number of furan rings is 1. The molecule has 1 aromatic carbocycles. The zero-order valence-electron chi connectivity index (χ0n) is 15.8. The van der Waals surface area contributed by atoms with Crippen LogP contribution in [-0.4, -0.2) is 30.9 Å². The number of nitrogens with zero attached hydrogens (tertiary/aromatic N) is 1. The Bertz CT molecular complexity index is 1070. The first-order chi connectivity index (χ1) is 14.1. The Morgan fingerprint density at radius 1 is 1.07 bits per heavy atom. The van der Waals surface area contributed by atoms with E-state index in [1.807, 2.05) is 17.5 Å². The third-order valence-corrected chi connectivity index (χ3v) is 5.38. The fourth-order valence-electron chi connectivity index (χ4n) is 3.09. The number of thiophene rings is 1. The first-order valence-electron chi connectivity index (χ1n) is 8.78. The summed E-state index contributed by atoms with van der Waals surface area (Å²) in [5.41, 5.74) is 1.04. The zero-order chi connectivity index (χ0) is 20.4. The van der Waals surface area contributed by atoms with Crippen LogP contribution < -0.4 is 14.8 Å². The SMILES string of the molecule is COc1ccc(OC)c(NC2=C(c3cccs3)C(=O)N(Cc3ccco3)C2=O)c1. The van der Waals surface area contributed by atoms with Gasteiger partial charge < -0.3 is 19.2 Å². The maximum atomic E-state index is 13.2. The zero-order valence-corrected chi connectivity index (χ0v) is 16.6. The molecule has 3 aromatic rings. The van der Waals surface area contributed by atoms with Crippen LogP contribution in [0.3, 0.4) is 0 Å². The Labute approximate surface area is 171 Å². The predicted molar refractivity (Wildman–Crippen MR) is 109 cm³/mol. The second kappa shape index (κ2) is 7.84. The monoisotopic (exact) mass is 410 g/mol. The van der Waals surface area contributed by atoms with Crippen LogP contribution in [0.1, 0.15) is 10.6 Å². The van der Waals surface area contributed by atoms with E-state index in [9.17, 15) is 9.59 Å². The quantitative estimate of drug-likeness (QED) is 0.598. The van der Waals surface area contributed by atoms with Gasteiger partial charge in [0.05, 0.1) is 38.3 Å². The van der Waals surface area contributed by atoms with E-state index in [4.69, 9.17) is 13.9 Å². The Kier molecular flexibility index (Phi) is 5.09. The van der Waals surface area contributed by atoms with Crippen molar-refractivity contribution in [3.05, 3.63) is 70.4 Å². The van der Waals surface area contributed by atoms with Crippen LogP contribution in [0.25, 0.3) is 5.57 Å². The van der Waals surface area contributed by atoms with Crippen LogP contribution in [0.4, 0.5) is 5.69 Å². The van der Waals surface area contributed by atoms with Gasteiger partial charge in [0.1, 0.15) is 23.0 Å². The number of hydrogen-bond donors (Lipinski definition) is 1. The van der Waals surface area contributed by atoms with Crippen molar-refractivity contribution in [2.75, 3.05) is 19.5 Å². The summed E-state index contributed by atoms with van der Waals surface area (Å²) in [6, 6.07) is 12.3. The van der Waals surface area contributed by atoms with Crippen molar-refractivity contribution in [1.82, 2.24) is 4.90 Å². The molecule has 0 saturated heterocycles. The van der Waals surface area contributed by atoms with E-state index >= 15 is 0 Å². The summed E-state index contributed by atoms with van der Waals surface area (Å²) in [6.45, 7) is 0.0555. The van der Waals surface area contributed by atoms with Gasteiger partial charge in [0, 0.05) is 10.9 Å². The normalized spacial score (nSPS) is 13.9. The highest BCUT2D eigenvalue weighted by Crippen LogP contribution is 2.36. The number of carbonyl (C=O) groups is 2. The smallest absolute Gasteiger partial charge is 0.278 e. The van der Waals surface area contributed by atoms with E-state index in [1.165, 1.54) is 29.6 Å². The minimum Gasteiger partial charge on any atom is -0.497 e. The van der Waals surface area contributed by atoms with Crippen molar-refractivity contribution >= 4 is 34.4 Å². The largest absolute Gasteiger partial charge is 0.497 e. The van der Waals surface area contributed by atoms with E-state index in [2.05, 4.69) is 5.32 Å². The predicted octanol–water partition coefficient (Wildman–Crippen LogP) is 3.75. The van der Waals surface area contributed by atoms with Crippen molar-refractivity contribution in [3.63, 3.8) is 0 Å². The highest BCUT2D eigenvalue weighted by atomic mass is 32.1. The lowest BCUT2D eigenvalue weighted by molar-refractivity contribution is -0.137. The van der Waals surface area contributed by atoms with Gasteiger partial charge in [0.15, 0.2) is 0 Å². The van der Waals surface area contributed by atoms with Gasteiger partial charge in [-0.05, 0) is 35.7 Å². The van der Waals surface area contributed by atoms with Crippen molar-refractivity contribution < 1.29 is 23.5 Å². The molecule has 0 saturated carbocycles. The molecule has 1 N–H and O–H groups in total. The second-order valence-corrected chi connectivity index (χ2v) is 7.14. The van der Waals surface area contributed by atoms with Gasteiger partial charge in [0.2, 0.25) is 0 Å². The number of ether oxygens (including phenoxy) is 2. The lowest BCUT2D eigenvalue weighted by atomic mass is 10.1. The molecule has 1 aliphatic rings. The number of benzene rings is 1. The Hall–Kier alpha value is -3.52. The number of carbonyl (C=O) groups excluding carboxylic acids is 2. The number of imide groups is 1. The number of hydrogen-bond acceptors (Lipinski definition) is 7. The summed E-state index contributed by atoms with van der Waals surface area (Å²) in [4.78, 5) is 28.2. The number of rotatable bonds is 7. The molecule has 8 heteroatoms. The van der Waals surface area contributed by atoms with E-state index in [-0.39, 0.29) is 18.1 Å². The minimum absolute atomic E-state index is 0.0555. The Balaban J connectivity index is 1.75. The first-order valence-corrected chi connectivity index (χ1v) is 9.66. The van der Waals surface area contributed by atoms with Crippen LogP contribution in [0.2, 0.25) is 0 Å². The molecule has 0 atom stereocenters. The molecule has 0 radical (unpaired) electrons. The highest BCUT2D eigenvalue weighted by Gasteiger charge is 2.40. The third-order valence-electron chi connectivity index (χ3n) is 4.50. The van der Waals surface area contributed by atoms with Gasteiger partial charge in [-0.2, -0.15) is 0 Å². The molecule has 29 heavy (non-hydrogen) atoms. The maximum absolute atomic E-state index is 13.2. The van der Waals surface area contributed by atoms with Crippen molar-refractivity contribution in [1.29, 1.82) is 0 Å². The molecule has 4 rings (SSSR count). The standard InChI is InChI=1S/C21H18N2O5S/c1-26-13-7-8-16(27-2)15(11-13)22-19-18(17-6-4-10-29-17)20(24)23(21(19)25)12-14-5-3-9-28-14/h3-11,22H,12H2,1-2H3.